The molecule has 0 aliphatic rings. The molecule has 0 spiro atoms. The lowest BCUT2D eigenvalue weighted by Gasteiger charge is -2.11. The maximum atomic E-state index is 13.0. The number of nitrogens with one attached hydrogen (secondary N) is 1. The summed E-state index contributed by atoms with van der Waals surface area (Å²) in [6, 6.07) is 6.46. The first-order valence-corrected chi connectivity index (χ1v) is 10.9. The van der Waals surface area contributed by atoms with E-state index in [1.807, 2.05) is 0 Å². The van der Waals surface area contributed by atoms with Crippen molar-refractivity contribution in [3.63, 3.8) is 0 Å². The molecular weight excluding hydrogens is 410 g/mol. The van der Waals surface area contributed by atoms with Gasteiger partial charge in [-0.1, -0.05) is 17.7 Å². The zero-order valence-electron chi connectivity index (χ0n) is 14.7. The first-order valence-electron chi connectivity index (χ1n) is 7.67. The Balaban J connectivity index is 2.20. The molecule has 0 saturated heterocycles. The third kappa shape index (κ3) is 3.58. The fraction of sp³-hybridized carbons (Fsp3) is 0.176. The molecule has 27 heavy (non-hydrogen) atoms. The lowest BCUT2D eigenvalue weighted by molar-refractivity contribution is 0.103. The number of ether oxygens (including phenoxy) is 1. The molecule has 2 aromatic heterocycles. The number of carbonyl (C=O) groups excluding carboxylic acids is 1. The smallest absolute Gasteiger partial charge is 0.277 e. The first kappa shape index (κ1) is 19.4. The number of nitrogens with zero attached hydrogens (tertiary/aromatic N) is 2. The highest BCUT2D eigenvalue weighted by molar-refractivity contribution is 7.95. The highest BCUT2D eigenvalue weighted by atomic mass is 35.5. The molecule has 1 atom stereocenters. The minimum atomic E-state index is -2.79. The number of benzene rings is 1. The van der Waals surface area contributed by atoms with Crippen molar-refractivity contribution >= 4 is 44.1 Å². The molecule has 7 nitrogen and oxygen atoms in total. The van der Waals surface area contributed by atoms with Gasteiger partial charge in [0, 0.05) is 25.1 Å². The van der Waals surface area contributed by atoms with Crippen molar-refractivity contribution in [1.82, 2.24) is 9.78 Å². The summed E-state index contributed by atoms with van der Waals surface area (Å²) in [7, 11) is 0.140. The first-order chi connectivity index (χ1) is 12.8. The highest BCUT2D eigenvalue weighted by Crippen LogP contribution is 2.40. The van der Waals surface area contributed by atoms with E-state index in [1.54, 1.807) is 17.5 Å². The largest absolute Gasteiger partial charge is 0.494 e. The second kappa shape index (κ2) is 7.34. The van der Waals surface area contributed by atoms with Gasteiger partial charge in [-0.15, -0.1) is 11.3 Å². The Morgan fingerprint density at radius 3 is 2.63 bits per heavy atom. The fourth-order valence-corrected chi connectivity index (χ4v) is 5.17. The summed E-state index contributed by atoms with van der Waals surface area (Å²) in [6.45, 7) is 0. The molecule has 0 radical (unpaired) electrons. The standard InChI is InChI=1S/C17H16ClN3O4S2/c1-21-17(23)11(9-19-21)16(22)10-6-7-12(25-2)15(14(10)18)20-27(3,24)13-5-4-8-26-13/h4-9,19H,1-3H3. The Bertz CT molecular complexity index is 1190. The summed E-state index contributed by atoms with van der Waals surface area (Å²) >= 11 is 7.74. The minimum absolute atomic E-state index is 0.0197. The Labute approximate surface area is 164 Å². The number of methoxy groups -OCH3 is 1. The van der Waals surface area contributed by atoms with Gasteiger partial charge < -0.3 is 9.84 Å². The molecule has 0 bridgehead atoms. The number of ketones is 1. The zero-order valence-corrected chi connectivity index (χ0v) is 17.1. The second-order valence-corrected chi connectivity index (χ2v) is 9.50. The van der Waals surface area contributed by atoms with Gasteiger partial charge in [-0.25, -0.2) is 4.21 Å². The molecule has 1 unspecified atom stereocenters. The van der Waals surface area contributed by atoms with Gasteiger partial charge in [0.1, 0.15) is 17.0 Å². The van der Waals surface area contributed by atoms with Crippen LogP contribution in [-0.4, -0.2) is 33.1 Å². The number of carbonyl (C=O) groups is 1. The maximum absolute atomic E-state index is 13.0. The van der Waals surface area contributed by atoms with Crippen molar-refractivity contribution in [2.45, 2.75) is 4.21 Å². The average molecular weight is 426 g/mol. The Morgan fingerprint density at radius 1 is 1.33 bits per heavy atom. The van der Waals surface area contributed by atoms with E-state index in [0.717, 1.165) is 0 Å². The van der Waals surface area contributed by atoms with Crippen LogP contribution in [0.1, 0.15) is 15.9 Å². The third-order valence-electron chi connectivity index (χ3n) is 3.86. The van der Waals surface area contributed by atoms with Gasteiger partial charge in [0.15, 0.2) is 0 Å². The number of hydrogen-bond acceptors (Lipinski definition) is 6. The molecule has 1 N–H and O–H groups in total. The monoisotopic (exact) mass is 425 g/mol. The van der Waals surface area contributed by atoms with E-state index in [0.29, 0.717) is 4.21 Å². The summed E-state index contributed by atoms with van der Waals surface area (Å²) in [6.07, 6.45) is 2.81. The van der Waals surface area contributed by atoms with Crippen LogP contribution in [0.5, 0.6) is 5.75 Å². The quantitative estimate of drug-likeness (QED) is 0.633. The van der Waals surface area contributed by atoms with E-state index in [4.69, 9.17) is 16.3 Å². The van der Waals surface area contributed by atoms with E-state index >= 15 is 0 Å². The van der Waals surface area contributed by atoms with Crippen LogP contribution in [0.2, 0.25) is 5.02 Å². The van der Waals surface area contributed by atoms with Crippen LogP contribution in [0.25, 0.3) is 0 Å². The lowest BCUT2D eigenvalue weighted by atomic mass is 10.1. The topological polar surface area (TPSA) is 93.5 Å². The van der Waals surface area contributed by atoms with Gasteiger partial charge in [-0.2, -0.15) is 4.36 Å². The predicted octanol–water partition coefficient (Wildman–Crippen LogP) is 3.46. The third-order valence-corrected chi connectivity index (χ3v) is 7.53. The Hall–Kier alpha value is -2.36. The SMILES string of the molecule is COc1ccc(C(=O)c2c[nH]n(C)c2=O)c(Cl)c1N=S(C)(=O)c1cccs1. The summed E-state index contributed by atoms with van der Waals surface area (Å²) in [5.74, 6) is -0.274. The number of thiophene rings is 1. The number of hydrogen-bond donors (Lipinski definition) is 1. The second-order valence-electron chi connectivity index (χ2n) is 5.68. The van der Waals surface area contributed by atoms with Crippen LogP contribution in [0.3, 0.4) is 0 Å². The average Bonchev–Trinajstić information content (AvgIpc) is 3.28. The highest BCUT2D eigenvalue weighted by Gasteiger charge is 2.23. The van der Waals surface area contributed by atoms with Gasteiger partial charge in [0.25, 0.3) is 5.56 Å². The van der Waals surface area contributed by atoms with E-state index in [9.17, 15) is 13.8 Å². The molecule has 10 heteroatoms. The summed E-state index contributed by atoms with van der Waals surface area (Å²) in [5.41, 5.74) is -0.332. The van der Waals surface area contributed by atoms with Gasteiger partial charge in [0.05, 0.1) is 26.1 Å². The molecule has 0 saturated carbocycles. The molecule has 1 aromatic carbocycles. The van der Waals surface area contributed by atoms with Crippen molar-refractivity contribution in [2.75, 3.05) is 13.4 Å². The van der Waals surface area contributed by atoms with Crippen LogP contribution < -0.4 is 10.3 Å². The number of aromatic amines is 1. The minimum Gasteiger partial charge on any atom is -0.494 e. The number of aryl methyl sites for hydroxylation is 1. The van der Waals surface area contributed by atoms with Crippen molar-refractivity contribution in [2.24, 2.45) is 11.4 Å². The van der Waals surface area contributed by atoms with E-state index in [-0.39, 0.29) is 27.6 Å². The van der Waals surface area contributed by atoms with Gasteiger partial charge in [-0.3, -0.25) is 14.3 Å². The molecule has 0 amide bonds. The predicted molar refractivity (Wildman–Crippen MR) is 106 cm³/mol. The molecule has 0 aliphatic carbocycles. The van der Waals surface area contributed by atoms with E-state index in [1.165, 1.54) is 54.8 Å². The number of halogens is 1. The van der Waals surface area contributed by atoms with Crippen molar-refractivity contribution < 1.29 is 13.7 Å². The summed E-state index contributed by atoms with van der Waals surface area (Å²) < 4.78 is 24.4. The molecule has 0 aliphatic heterocycles. The van der Waals surface area contributed by atoms with Crippen LogP contribution in [-0.2, 0) is 16.8 Å². The zero-order chi connectivity index (χ0) is 19.8. The maximum Gasteiger partial charge on any atom is 0.277 e. The summed E-state index contributed by atoms with van der Waals surface area (Å²) in [4.78, 5) is 24.8. The number of rotatable bonds is 5. The molecule has 3 aromatic rings. The van der Waals surface area contributed by atoms with E-state index in [2.05, 4.69) is 9.46 Å². The molecule has 142 valence electrons. The van der Waals surface area contributed by atoms with E-state index < -0.39 is 21.1 Å². The number of aromatic nitrogens is 2. The lowest BCUT2D eigenvalue weighted by Crippen LogP contribution is -2.19. The Kier molecular flexibility index (Phi) is 5.27. The fourth-order valence-electron chi connectivity index (χ4n) is 2.44. The Morgan fingerprint density at radius 2 is 2.07 bits per heavy atom. The van der Waals surface area contributed by atoms with Crippen LogP contribution >= 0.6 is 22.9 Å². The summed E-state index contributed by atoms with van der Waals surface area (Å²) in [5, 5.41) is 4.43. The van der Waals surface area contributed by atoms with Gasteiger partial charge >= 0.3 is 0 Å². The van der Waals surface area contributed by atoms with Crippen LogP contribution in [0.15, 0.2) is 49.2 Å². The van der Waals surface area contributed by atoms with Crippen LogP contribution in [0, 0.1) is 0 Å². The molecular formula is C17H16ClN3O4S2. The molecule has 2 heterocycles. The van der Waals surface area contributed by atoms with Crippen molar-refractivity contribution in [3.05, 3.63) is 62.3 Å². The number of H-pyrrole nitrogens is 1. The van der Waals surface area contributed by atoms with Crippen molar-refractivity contribution in [3.8, 4) is 5.75 Å². The van der Waals surface area contributed by atoms with Gasteiger partial charge in [0.2, 0.25) is 5.78 Å². The molecule has 0 fully saturated rings. The van der Waals surface area contributed by atoms with Gasteiger partial charge in [-0.05, 0) is 23.6 Å². The van der Waals surface area contributed by atoms with Crippen molar-refractivity contribution in [1.29, 1.82) is 0 Å². The van der Waals surface area contributed by atoms with Crippen LogP contribution in [0.4, 0.5) is 5.69 Å². The molecule has 3 rings (SSSR count). The normalized spacial score (nSPS) is 13.2.